The molecule has 0 spiro atoms. The van der Waals surface area contributed by atoms with Crippen LogP contribution in [0.1, 0.15) is 5.56 Å². The van der Waals surface area contributed by atoms with Crippen molar-refractivity contribution in [2.24, 2.45) is 0 Å². The van der Waals surface area contributed by atoms with Crippen LogP contribution >= 0.6 is 11.6 Å². The highest BCUT2D eigenvalue weighted by atomic mass is 35.5. The van der Waals surface area contributed by atoms with Gasteiger partial charge in [0, 0.05) is 31.0 Å². The number of amides is 1. The Hall–Kier alpha value is -2.67. The van der Waals surface area contributed by atoms with Crippen LogP contribution < -0.4 is 10.2 Å². The van der Waals surface area contributed by atoms with E-state index in [0.29, 0.717) is 23.9 Å². The highest BCUT2D eigenvalue weighted by molar-refractivity contribution is 6.30. The van der Waals surface area contributed by atoms with Crippen molar-refractivity contribution in [3.8, 4) is 0 Å². The summed E-state index contributed by atoms with van der Waals surface area (Å²) >= 11 is 5.81. The van der Waals surface area contributed by atoms with E-state index in [1.807, 2.05) is 12.1 Å². The molecule has 2 aromatic rings. The molecule has 0 unspecified atom stereocenters. The molecule has 1 aromatic heterocycles. The molecule has 0 aliphatic rings. The average molecular weight is 363 g/mol. The van der Waals surface area contributed by atoms with Gasteiger partial charge in [0.2, 0.25) is 5.95 Å². The van der Waals surface area contributed by atoms with Crippen LogP contribution in [0, 0.1) is 0 Å². The average Bonchev–Trinajstić information content (AvgIpc) is 2.62. The molecule has 0 atom stereocenters. The number of esters is 1. The quantitative estimate of drug-likeness (QED) is 0.716. The lowest BCUT2D eigenvalue weighted by molar-refractivity contribution is -0.147. The summed E-state index contributed by atoms with van der Waals surface area (Å²) in [7, 11) is 1.67. The van der Waals surface area contributed by atoms with Crippen LogP contribution in [0.4, 0.5) is 5.95 Å². The van der Waals surface area contributed by atoms with Gasteiger partial charge in [-0.3, -0.25) is 9.59 Å². The maximum Gasteiger partial charge on any atom is 0.326 e. The molecular formula is C17H19ClN4O3. The maximum absolute atomic E-state index is 11.7. The fourth-order valence-corrected chi connectivity index (χ4v) is 2.12. The zero-order valence-electron chi connectivity index (χ0n) is 13.8. The molecule has 0 aliphatic carbocycles. The van der Waals surface area contributed by atoms with Crippen LogP contribution in [0.25, 0.3) is 0 Å². The van der Waals surface area contributed by atoms with Gasteiger partial charge in [0.15, 0.2) is 6.61 Å². The minimum atomic E-state index is -0.525. The summed E-state index contributed by atoms with van der Waals surface area (Å²) in [4.78, 5) is 33.0. The van der Waals surface area contributed by atoms with Crippen LogP contribution in [0.3, 0.4) is 0 Å². The standard InChI is InChI=1S/C17H19ClN4O3/c1-22(17-20-8-2-9-21-17)11-16(24)25-12-15(23)19-10-7-13-3-5-14(18)6-4-13/h2-6,8-9H,7,10-12H2,1H3,(H,19,23). The normalized spacial score (nSPS) is 10.2. The van der Waals surface area contributed by atoms with Crippen LogP contribution in [0.2, 0.25) is 5.02 Å². The minimum Gasteiger partial charge on any atom is -0.454 e. The number of hydrogen-bond donors (Lipinski definition) is 1. The largest absolute Gasteiger partial charge is 0.454 e. The van der Waals surface area contributed by atoms with E-state index in [-0.39, 0.29) is 19.1 Å². The Morgan fingerprint density at radius 1 is 1.20 bits per heavy atom. The Morgan fingerprint density at radius 2 is 1.88 bits per heavy atom. The number of nitrogens with zero attached hydrogens (tertiary/aromatic N) is 3. The minimum absolute atomic E-state index is 0.0396. The molecule has 132 valence electrons. The van der Waals surface area contributed by atoms with E-state index in [0.717, 1.165) is 5.56 Å². The molecular weight excluding hydrogens is 344 g/mol. The zero-order chi connectivity index (χ0) is 18.1. The molecule has 25 heavy (non-hydrogen) atoms. The molecule has 1 N–H and O–H groups in total. The molecule has 0 saturated heterocycles. The number of carbonyl (C=O) groups excluding carboxylic acids is 2. The van der Waals surface area contributed by atoms with Crippen molar-refractivity contribution in [1.29, 1.82) is 0 Å². The molecule has 0 fully saturated rings. The van der Waals surface area contributed by atoms with Crippen LogP contribution in [-0.2, 0) is 20.7 Å². The van der Waals surface area contributed by atoms with Gasteiger partial charge in [-0.15, -0.1) is 0 Å². The van der Waals surface area contributed by atoms with E-state index >= 15 is 0 Å². The van der Waals surface area contributed by atoms with Crippen LogP contribution in [-0.4, -0.2) is 48.6 Å². The van der Waals surface area contributed by atoms with Crippen molar-refractivity contribution in [2.75, 3.05) is 31.6 Å². The summed E-state index contributed by atoms with van der Waals surface area (Å²) in [6.45, 7) is 0.0980. The third-order valence-electron chi connectivity index (χ3n) is 3.27. The third kappa shape index (κ3) is 6.76. The number of likely N-dealkylation sites (N-methyl/N-ethyl adjacent to an activating group) is 1. The summed E-state index contributed by atoms with van der Waals surface area (Å²) < 4.78 is 4.95. The van der Waals surface area contributed by atoms with Crippen LogP contribution in [0.5, 0.6) is 0 Å². The molecule has 0 bridgehead atoms. The Kier molecular flexibility index (Phi) is 7.16. The van der Waals surface area contributed by atoms with Crippen molar-refractivity contribution in [3.05, 3.63) is 53.3 Å². The predicted molar refractivity (Wildman–Crippen MR) is 94.4 cm³/mol. The van der Waals surface area contributed by atoms with Gasteiger partial charge in [0.05, 0.1) is 0 Å². The van der Waals surface area contributed by atoms with Gasteiger partial charge in [-0.1, -0.05) is 23.7 Å². The smallest absolute Gasteiger partial charge is 0.326 e. The second kappa shape index (κ2) is 9.58. The van der Waals surface area contributed by atoms with Gasteiger partial charge in [0.25, 0.3) is 5.91 Å². The molecule has 7 nitrogen and oxygen atoms in total. The highest BCUT2D eigenvalue weighted by Gasteiger charge is 2.12. The van der Waals surface area contributed by atoms with E-state index in [2.05, 4.69) is 15.3 Å². The number of rotatable bonds is 8. The summed E-state index contributed by atoms with van der Waals surface area (Å²) in [5.74, 6) is -0.462. The summed E-state index contributed by atoms with van der Waals surface area (Å²) in [6, 6.07) is 9.08. The van der Waals surface area contributed by atoms with Crippen molar-refractivity contribution >= 4 is 29.4 Å². The fraction of sp³-hybridized carbons (Fsp3) is 0.294. The molecule has 1 aromatic carbocycles. The number of benzene rings is 1. The molecule has 0 saturated carbocycles. The molecule has 1 heterocycles. The van der Waals surface area contributed by atoms with Gasteiger partial charge in [0.1, 0.15) is 6.54 Å². The zero-order valence-corrected chi connectivity index (χ0v) is 14.6. The Bertz CT molecular complexity index is 695. The van der Waals surface area contributed by atoms with Gasteiger partial charge in [-0.2, -0.15) is 0 Å². The Balaban J connectivity index is 1.64. The molecule has 1 amide bonds. The SMILES string of the molecule is CN(CC(=O)OCC(=O)NCCc1ccc(Cl)cc1)c1ncccn1. The number of aromatic nitrogens is 2. The lowest BCUT2D eigenvalue weighted by Crippen LogP contribution is -2.33. The second-order valence-corrected chi connectivity index (χ2v) is 5.73. The van der Waals surface area contributed by atoms with Crippen molar-refractivity contribution in [3.63, 3.8) is 0 Å². The first-order valence-electron chi connectivity index (χ1n) is 7.69. The summed E-state index contributed by atoms with van der Waals surface area (Å²) in [5, 5.41) is 3.37. The van der Waals surface area contributed by atoms with Crippen molar-refractivity contribution < 1.29 is 14.3 Å². The summed E-state index contributed by atoms with van der Waals surface area (Å²) in [6.07, 6.45) is 3.83. The second-order valence-electron chi connectivity index (χ2n) is 5.29. The van der Waals surface area contributed by atoms with E-state index in [4.69, 9.17) is 16.3 Å². The number of hydrogen-bond acceptors (Lipinski definition) is 6. The first-order valence-corrected chi connectivity index (χ1v) is 8.07. The predicted octanol–water partition coefficient (Wildman–Crippen LogP) is 1.47. The lowest BCUT2D eigenvalue weighted by atomic mass is 10.1. The number of anilines is 1. The van der Waals surface area contributed by atoms with E-state index < -0.39 is 5.97 Å². The van der Waals surface area contributed by atoms with Crippen LogP contribution in [0.15, 0.2) is 42.7 Å². The number of carbonyl (C=O) groups is 2. The fourth-order valence-electron chi connectivity index (χ4n) is 1.99. The van der Waals surface area contributed by atoms with E-state index in [9.17, 15) is 9.59 Å². The topological polar surface area (TPSA) is 84.4 Å². The number of nitrogens with one attached hydrogen (secondary N) is 1. The Morgan fingerprint density at radius 3 is 2.56 bits per heavy atom. The van der Waals surface area contributed by atoms with Gasteiger partial charge in [-0.25, -0.2) is 9.97 Å². The molecule has 2 rings (SSSR count). The summed E-state index contributed by atoms with van der Waals surface area (Å²) in [5.41, 5.74) is 1.06. The lowest BCUT2D eigenvalue weighted by Gasteiger charge is -2.15. The van der Waals surface area contributed by atoms with Gasteiger partial charge >= 0.3 is 5.97 Å². The first kappa shape index (κ1) is 18.7. The molecule has 0 radical (unpaired) electrons. The number of halogens is 1. The molecule has 8 heteroatoms. The number of ether oxygens (including phenoxy) is 1. The van der Waals surface area contributed by atoms with Gasteiger partial charge < -0.3 is 15.0 Å². The Labute approximate surface area is 151 Å². The maximum atomic E-state index is 11.7. The third-order valence-corrected chi connectivity index (χ3v) is 3.53. The van der Waals surface area contributed by atoms with E-state index in [1.54, 1.807) is 42.5 Å². The highest BCUT2D eigenvalue weighted by Crippen LogP contribution is 2.09. The molecule has 0 aliphatic heterocycles. The monoisotopic (exact) mass is 362 g/mol. The van der Waals surface area contributed by atoms with Gasteiger partial charge in [-0.05, 0) is 30.2 Å². The van der Waals surface area contributed by atoms with Crippen molar-refractivity contribution in [1.82, 2.24) is 15.3 Å². The van der Waals surface area contributed by atoms with Crippen molar-refractivity contribution in [2.45, 2.75) is 6.42 Å². The first-order chi connectivity index (χ1) is 12.0. The van der Waals surface area contributed by atoms with E-state index in [1.165, 1.54) is 0 Å².